The van der Waals surface area contributed by atoms with Crippen LogP contribution in [0.2, 0.25) is 0 Å². The molecule has 0 fully saturated rings. The fraction of sp³-hybridized carbons (Fsp3) is 0.571. The quantitative estimate of drug-likeness (QED) is 0.585. The number of aryl methyl sites for hydroxylation is 2. The average Bonchev–Trinajstić information content (AvgIpc) is 2.31. The van der Waals surface area contributed by atoms with Gasteiger partial charge in [-0.2, -0.15) is 4.98 Å². The Morgan fingerprint density at radius 3 is 3.18 bits per heavy atom. The minimum Gasteiger partial charge on any atom is -0.610 e. The van der Waals surface area contributed by atoms with Crippen molar-refractivity contribution in [3.8, 4) is 0 Å². The molecule has 1 unspecified atom stereocenters. The third-order valence-electron chi connectivity index (χ3n) is 1.83. The monoisotopic (exact) mass is 170 g/mol. The van der Waals surface area contributed by atoms with Gasteiger partial charge in [-0.05, 0) is 19.8 Å². The second kappa shape index (κ2) is 2.53. The van der Waals surface area contributed by atoms with Crippen molar-refractivity contribution in [1.29, 1.82) is 0 Å². The Morgan fingerprint density at radius 2 is 2.45 bits per heavy atom. The lowest BCUT2D eigenvalue weighted by molar-refractivity contribution is 0.581. The number of fused-ring (bicyclic) bond motifs is 1. The maximum atomic E-state index is 11.3. The average molecular weight is 170 g/mol. The second-order valence-electron chi connectivity index (χ2n) is 2.76. The fourth-order valence-electron chi connectivity index (χ4n) is 1.35. The van der Waals surface area contributed by atoms with Crippen LogP contribution in [0.1, 0.15) is 17.9 Å². The SMILES string of the molecule is Cc1nc2c([nH]1)CCC[S+]2[O-]. The first-order valence-corrected chi connectivity index (χ1v) is 5.03. The molecular weight excluding hydrogens is 160 g/mol. The molecule has 1 aliphatic rings. The van der Waals surface area contributed by atoms with Gasteiger partial charge in [0.25, 0.3) is 5.03 Å². The van der Waals surface area contributed by atoms with E-state index < -0.39 is 11.2 Å². The summed E-state index contributed by atoms with van der Waals surface area (Å²) in [5.74, 6) is 1.65. The summed E-state index contributed by atoms with van der Waals surface area (Å²) in [6.45, 7) is 1.90. The van der Waals surface area contributed by atoms with E-state index in [1.165, 1.54) is 0 Å². The third kappa shape index (κ3) is 1.16. The largest absolute Gasteiger partial charge is 0.610 e. The Kier molecular flexibility index (Phi) is 1.65. The normalized spacial score (nSPS) is 23.3. The minimum absolute atomic E-state index is 0.775. The van der Waals surface area contributed by atoms with Gasteiger partial charge >= 0.3 is 0 Å². The molecule has 0 aliphatic carbocycles. The van der Waals surface area contributed by atoms with E-state index in [9.17, 15) is 4.55 Å². The molecule has 0 bridgehead atoms. The van der Waals surface area contributed by atoms with Crippen molar-refractivity contribution in [2.45, 2.75) is 24.8 Å². The topological polar surface area (TPSA) is 51.7 Å². The molecule has 1 aromatic heterocycles. The van der Waals surface area contributed by atoms with Gasteiger partial charge in [-0.25, -0.2) is 0 Å². The van der Waals surface area contributed by atoms with E-state index >= 15 is 0 Å². The number of aromatic amines is 1. The van der Waals surface area contributed by atoms with E-state index in [1.807, 2.05) is 6.92 Å². The van der Waals surface area contributed by atoms with Crippen molar-refractivity contribution >= 4 is 11.2 Å². The molecule has 1 aliphatic heterocycles. The molecule has 0 saturated carbocycles. The Bertz CT molecular complexity index is 271. The molecule has 0 saturated heterocycles. The number of hydrogen-bond acceptors (Lipinski definition) is 2. The highest BCUT2D eigenvalue weighted by molar-refractivity contribution is 7.91. The highest BCUT2D eigenvalue weighted by Crippen LogP contribution is 2.21. The molecule has 1 aromatic rings. The van der Waals surface area contributed by atoms with Crippen molar-refractivity contribution < 1.29 is 4.55 Å². The highest BCUT2D eigenvalue weighted by Gasteiger charge is 2.25. The van der Waals surface area contributed by atoms with Gasteiger partial charge in [-0.3, -0.25) is 0 Å². The third-order valence-corrected chi connectivity index (χ3v) is 3.26. The number of H-pyrrole nitrogens is 1. The van der Waals surface area contributed by atoms with Gasteiger partial charge in [0, 0.05) is 11.2 Å². The molecule has 0 aromatic carbocycles. The molecule has 0 spiro atoms. The van der Waals surface area contributed by atoms with Crippen LogP contribution < -0.4 is 0 Å². The van der Waals surface area contributed by atoms with E-state index in [2.05, 4.69) is 9.97 Å². The van der Waals surface area contributed by atoms with Crippen molar-refractivity contribution in [2.75, 3.05) is 5.75 Å². The number of nitrogens with one attached hydrogen (secondary N) is 1. The van der Waals surface area contributed by atoms with E-state index in [0.29, 0.717) is 0 Å². The molecule has 2 heterocycles. The predicted octanol–water partition coefficient (Wildman–Crippen LogP) is 0.772. The smallest absolute Gasteiger partial charge is 0.265 e. The summed E-state index contributed by atoms with van der Waals surface area (Å²) >= 11 is -0.837. The van der Waals surface area contributed by atoms with Crippen LogP contribution in [-0.4, -0.2) is 20.3 Å². The number of hydrogen-bond donors (Lipinski definition) is 1. The van der Waals surface area contributed by atoms with Crippen LogP contribution in [0.4, 0.5) is 0 Å². The molecule has 0 radical (unpaired) electrons. The van der Waals surface area contributed by atoms with Gasteiger partial charge in [-0.15, -0.1) is 0 Å². The van der Waals surface area contributed by atoms with Gasteiger partial charge in [0.1, 0.15) is 11.6 Å². The van der Waals surface area contributed by atoms with Crippen LogP contribution in [0, 0.1) is 6.92 Å². The van der Waals surface area contributed by atoms with Crippen LogP contribution in [-0.2, 0) is 17.6 Å². The number of nitrogens with zero attached hydrogens (tertiary/aromatic N) is 1. The van der Waals surface area contributed by atoms with Gasteiger partial charge in [-0.1, -0.05) is 0 Å². The van der Waals surface area contributed by atoms with Crippen LogP contribution in [0.25, 0.3) is 0 Å². The maximum Gasteiger partial charge on any atom is 0.265 e. The summed E-state index contributed by atoms with van der Waals surface area (Å²) in [5.41, 5.74) is 1.08. The molecule has 0 amide bonds. The van der Waals surface area contributed by atoms with Crippen molar-refractivity contribution in [2.24, 2.45) is 0 Å². The number of imidazole rings is 1. The minimum atomic E-state index is -0.837. The summed E-state index contributed by atoms with van der Waals surface area (Å²) in [7, 11) is 0. The zero-order valence-electron chi connectivity index (χ0n) is 6.39. The zero-order valence-corrected chi connectivity index (χ0v) is 7.20. The zero-order chi connectivity index (χ0) is 7.84. The van der Waals surface area contributed by atoms with E-state index in [0.717, 1.165) is 35.1 Å². The molecule has 11 heavy (non-hydrogen) atoms. The molecule has 2 rings (SSSR count). The van der Waals surface area contributed by atoms with E-state index in [-0.39, 0.29) is 0 Å². The fourth-order valence-corrected chi connectivity index (χ4v) is 2.62. The van der Waals surface area contributed by atoms with Gasteiger partial charge in [0.15, 0.2) is 0 Å². The Balaban J connectivity index is 2.43. The highest BCUT2D eigenvalue weighted by atomic mass is 32.2. The summed E-state index contributed by atoms with van der Waals surface area (Å²) in [6.07, 6.45) is 2.02. The summed E-state index contributed by atoms with van der Waals surface area (Å²) in [4.78, 5) is 7.30. The van der Waals surface area contributed by atoms with Crippen molar-refractivity contribution in [1.82, 2.24) is 9.97 Å². The van der Waals surface area contributed by atoms with Crippen LogP contribution in [0.3, 0.4) is 0 Å². The Hall–Kier alpha value is -0.480. The van der Waals surface area contributed by atoms with E-state index in [1.54, 1.807) is 0 Å². The molecule has 60 valence electrons. The Labute approximate surface area is 68.4 Å². The number of rotatable bonds is 0. The van der Waals surface area contributed by atoms with Crippen LogP contribution >= 0.6 is 0 Å². The van der Waals surface area contributed by atoms with Crippen LogP contribution in [0.15, 0.2) is 5.03 Å². The molecule has 1 N–H and O–H groups in total. The summed E-state index contributed by atoms with van der Waals surface area (Å²) < 4.78 is 11.3. The molecule has 4 heteroatoms. The first-order chi connectivity index (χ1) is 5.27. The summed E-state index contributed by atoms with van der Waals surface area (Å²) in [6, 6.07) is 0. The molecule has 1 atom stereocenters. The maximum absolute atomic E-state index is 11.3. The first-order valence-electron chi connectivity index (χ1n) is 3.71. The molecular formula is C7H10N2OS. The second-order valence-corrected chi connectivity index (χ2v) is 4.25. The van der Waals surface area contributed by atoms with Crippen molar-refractivity contribution in [3.63, 3.8) is 0 Å². The van der Waals surface area contributed by atoms with Crippen LogP contribution in [0.5, 0.6) is 0 Å². The lowest BCUT2D eigenvalue weighted by atomic mass is 10.3. The lowest BCUT2D eigenvalue weighted by Crippen LogP contribution is -2.15. The molecule has 3 nitrogen and oxygen atoms in total. The van der Waals surface area contributed by atoms with Gasteiger partial charge in [0.2, 0.25) is 0 Å². The van der Waals surface area contributed by atoms with E-state index in [4.69, 9.17) is 0 Å². The predicted molar refractivity (Wildman–Crippen MR) is 42.9 cm³/mol. The Morgan fingerprint density at radius 1 is 1.64 bits per heavy atom. The summed E-state index contributed by atoms with van der Waals surface area (Å²) in [5, 5.41) is 0.786. The van der Waals surface area contributed by atoms with Crippen molar-refractivity contribution in [3.05, 3.63) is 11.5 Å². The van der Waals surface area contributed by atoms with Gasteiger partial charge in [0.05, 0.1) is 5.69 Å². The number of aromatic nitrogens is 2. The lowest BCUT2D eigenvalue weighted by Gasteiger charge is -2.13. The van der Waals surface area contributed by atoms with Gasteiger partial charge < -0.3 is 9.54 Å². The first kappa shape index (κ1) is 7.18. The standard InChI is InChI=1S/C7H10N2OS/c1-5-8-6-3-2-4-11(10)7(6)9-5/h2-4H2,1H3,(H,8,9).